The number of nitrogens with two attached hydrogens (primary N) is 1. The molecule has 1 aromatic rings. The molecule has 3 nitrogen and oxygen atoms in total. The highest BCUT2D eigenvalue weighted by Crippen LogP contribution is 2.36. The van der Waals surface area contributed by atoms with Crippen LogP contribution in [-0.2, 0) is 5.60 Å². The van der Waals surface area contributed by atoms with E-state index in [0.29, 0.717) is 25.9 Å². The van der Waals surface area contributed by atoms with Crippen molar-refractivity contribution in [2.45, 2.75) is 18.4 Å². The summed E-state index contributed by atoms with van der Waals surface area (Å²) in [6.07, 6.45) is 0.641. The molecule has 0 aromatic heterocycles. The van der Waals surface area contributed by atoms with Gasteiger partial charge in [-0.2, -0.15) is 0 Å². The standard InChI is InChI=1S/C12H16F2N2O/c1-16-4-2-12(17,3-5-16)11-9(13)6-8(15)7-10(11)14/h6-7,17H,2-5,15H2,1H3. The third kappa shape index (κ3) is 2.25. The fourth-order valence-corrected chi connectivity index (χ4v) is 2.28. The monoisotopic (exact) mass is 242 g/mol. The second-order valence-electron chi connectivity index (χ2n) is 4.69. The van der Waals surface area contributed by atoms with E-state index in [1.54, 1.807) is 0 Å². The highest BCUT2D eigenvalue weighted by Gasteiger charge is 2.37. The van der Waals surface area contributed by atoms with E-state index in [1.165, 1.54) is 0 Å². The first kappa shape index (κ1) is 12.3. The lowest BCUT2D eigenvalue weighted by molar-refractivity contribution is -0.0258. The van der Waals surface area contributed by atoms with E-state index in [0.717, 1.165) is 12.1 Å². The van der Waals surface area contributed by atoms with Gasteiger partial charge >= 0.3 is 0 Å². The lowest BCUT2D eigenvalue weighted by Gasteiger charge is -2.37. The van der Waals surface area contributed by atoms with Crippen LogP contribution >= 0.6 is 0 Å². The number of anilines is 1. The van der Waals surface area contributed by atoms with Crippen molar-refractivity contribution in [2.75, 3.05) is 25.9 Å². The largest absolute Gasteiger partial charge is 0.399 e. The summed E-state index contributed by atoms with van der Waals surface area (Å²) in [6.45, 7) is 1.22. The SMILES string of the molecule is CN1CCC(O)(c2c(F)cc(N)cc2F)CC1. The predicted molar refractivity (Wildman–Crippen MR) is 61.4 cm³/mol. The predicted octanol–water partition coefficient (Wildman–Crippen LogP) is 1.46. The number of likely N-dealkylation sites (tertiary alicyclic amines) is 1. The summed E-state index contributed by atoms with van der Waals surface area (Å²) >= 11 is 0. The molecule has 1 saturated heterocycles. The number of hydrogen-bond donors (Lipinski definition) is 2. The number of hydrogen-bond acceptors (Lipinski definition) is 3. The minimum Gasteiger partial charge on any atom is -0.399 e. The topological polar surface area (TPSA) is 49.5 Å². The van der Waals surface area contributed by atoms with Crippen LogP contribution in [0.4, 0.5) is 14.5 Å². The Balaban J connectivity index is 2.39. The van der Waals surface area contributed by atoms with Crippen LogP contribution in [0.2, 0.25) is 0 Å². The molecule has 1 fully saturated rings. The van der Waals surface area contributed by atoms with Crippen LogP contribution in [0.25, 0.3) is 0 Å². The second kappa shape index (κ2) is 4.23. The summed E-state index contributed by atoms with van der Waals surface area (Å²) in [5.74, 6) is -1.54. The van der Waals surface area contributed by atoms with Gasteiger partial charge in [-0.1, -0.05) is 0 Å². The van der Waals surface area contributed by atoms with Crippen molar-refractivity contribution in [3.63, 3.8) is 0 Å². The van der Waals surface area contributed by atoms with E-state index in [1.807, 2.05) is 11.9 Å². The third-order valence-corrected chi connectivity index (χ3v) is 3.34. The molecular formula is C12H16F2N2O. The molecule has 0 unspecified atom stereocenters. The molecule has 0 radical (unpaired) electrons. The van der Waals surface area contributed by atoms with Gasteiger partial charge in [-0.15, -0.1) is 0 Å². The smallest absolute Gasteiger partial charge is 0.134 e. The summed E-state index contributed by atoms with van der Waals surface area (Å²) in [7, 11) is 1.91. The van der Waals surface area contributed by atoms with Gasteiger partial charge in [0.05, 0.1) is 11.2 Å². The fourth-order valence-electron chi connectivity index (χ4n) is 2.28. The van der Waals surface area contributed by atoms with Crippen LogP contribution in [0, 0.1) is 11.6 Å². The normalized spacial score (nSPS) is 20.5. The van der Waals surface area contributed by atoms with Gasteiger partial charge in [0, 0.05) is 18.8 Å². The van der Waals surface area contributed by atoms with Crippen molar-refractivity contribution >= 4 is 5.69 Å². The van der Waals surface area contributed by atoms with Gasteiger partial charge in [0.25, 0.3) is 0 Å². The maximum absolute atomic E-state index is 13.7. The second-order valence-corrected chi connectivity index (χ2v) is 4.69. The van der Waals surface area contributed by atoms with Gasteiger partial charge in [-0.25, -0.2) is 8.78 Å². The van der Waals surface area contributed by atoms with Crippen LogP contribution < -0.4 is 5.73 Å². The van der Waals surface area contributed by atoms with Crippen LogP contribution in [0.5, 0.6) is 0 Å². The molecule has 0 saturated carbocycles. The van der Waals surface area contributed by atoms with Crippen LogP contribution in [0.1, 0.15) is 18.4 Å². The highest BCUT2D eigenvalue weighted by atomic mass is 19.1. The Kier molecular flexibility index (Phi) is 3.05. The molecule has 0 bridgehead atoms. The molecule has 2 rings (SSSR count). The third-order valence-electron chi connectivity index (χ3n) is 3.34. The lowest BCUT2D eigenvalue weighted by atomic mass is 9.84. The van der Waals surface area contributed by atoms with Crippen LogP contribution in [0.3, 0.4) is 0 Å². The zero-order valence-electron chi connectivity index (χ0n) is 9.71. The summed E-state index contributed by atoms with van der Waals surface area (Å²) < 4.78 is 27.5. The molecule has 0 aliphatic carbocycles. The van der Waals surface area contributed by atoms with Crippen molar-refractivity contribution in [3.8, 4) is 0 Å². The van der Waals surface area contributed by atoms with Gasteiger partial charge in [-0.05, 0) is 32.0 Å². The maximum Gasteiger partial charge on any atom is 0.134 e. The van der Waals surface area contributed by atoms with Crippen molar-refractivity contribution in [1.82, 2.24) is 4.90 Å². The van der Waals surface area contributed by atoms with Crippen LogP contribution in [-0.4, -0.2) is 30.1 Å². The first-order chi connectivity index (χ1) is 7.92. The number of rotatable bonds is 1. The first-order valence-electron chi connectivity index (χ1n) is 5.58. The Morgan fingerprint density at radius 1 is 1.24 bits per heavy atom. The van der Waals surface area contributed by atoms with E-state index in [4.69, 9.17) is 5.73 Å². The Morgan fingerprint density at radius 2 is 1.71 bits per heavy atom. The van der Waals surface area contributed by atoms with E-state index in [-0.39, 0.29) is 11.3 Å². The molecule has 1 heterocycles. The van der Waals surface area contributed by atoms with Gasteiger partial charge in [0.2, 0.25) is 0 Å². The Labute approximate surface area is 98.8 Å². The molecule has 94 valence electrons. The summed E-state index contributed by atoms with van der Waals surface area (Å²) in [6, 6.07) is 2.10. The summed E-state index contributed by atoms with van der Waals surface area (Å²) in [5, 5.41) is 10.4. The van der Waals surface area contributed by atoms with Gasteiger partial charge in [0.1, 0.15) is 11.6 Å². The minimum atomic E-state index is -1.42. The van der Waals surface area contributed by atoms with Crippen LogP contribution in [0.15, 0.2) is 12.1 Å². The maximum atomic E-state index is 13.7. The number of nitrogens with zero attached hydrogens (tertiary/aromatic N) is 1. The van der Waals surface area contributed by atoms with Crippen molar-refractivity contribution in [2.24, 2.45) is 0 Å². The highest BCUT2D eigenvalue weighted by molar-refractivity contribution is 5.43. The molecule has 1 aliphatic rings. The van der Waals surface area contributed by atoms with E-state index in [9.17, 15) is 13.9 Å². The summed E-state index contributed by atoms with van der Waals surface area (Å²) in [4.78, 5) is 2.02. The summed E-state index contributed by atoms with van der Waals surface area (Å²) in [5.41, 5.74) is 3.71. The van der Waals surface area contributed by atoms with Gasteiger partial charge in [-0.3, -0.25) is 0 Å². The average molecular weight is 242 g/mol. The molecule has 1 aromatic carbocycles. The fraction of sp³-hybridized carbons (Fsp3) is 0.500. The minimum absolute atomic E-state index is 0.0280. The molecule has 5 heteroatoms. The van der Waals surface area contributed by atoms with E-state index < -0.39 is 17.2 Å². The van der Waals surface area contributed by atoms with E-state index in [2.05, 4.69) is 0 Å². The Morgan fingerprint density at radius 3 is 2.18 bits per heavy atom. The zero-order chi connectivity index (χ0) is 12.6. The molecule has 0 atom stereocenters. The van der Waals surface area contributed by atoms with Gasteiger partial charge < -0.3 is 15.7 Å². The van der Waals surface area contributed by atoms with E-state index >= 15 is 0 Å². The molecule has 1 aliphatic heterocycles. The number of piperidine rings is 1. The average Bonchev–Trinajstić information content (AvgIpc) is 2.21. The molecule has 0 amide bonds. The van der Waals surface area contributed by atoms with Crippen molar-refractivity contribution < 1.29 is 13.9 Å². The lowest BCUT2D eigenvalue weighted by Crippen LogP contribution is -2.41. The number of halogens is 2. The number of aliphatic hydroxyl groups is 1. The zero-order valence-corrected chi connectivity index (χ0v) is 9.71. The molecule has 3 N–H and O–H groups in total. The Bertz CT molecular complexity index is 406. The van der Waals surface area contributed by atoms with Gasteiger partial charge in [0.15, 0.2) is 0 Å². The first-order valence-corrected chi connectivity index (χ1v) is 5.58. The van der Waals surface area contributed by atoms with Crippen molar-refractivity contribution in [1.29, 1.82) is 0 Å². The molecule has 0 spiro atoms. The number of nitrogen functional groups attached to an aromatic ring is 1. The molecular weight excluding hydrogens is 226 g/mol. The quantitative estimate of drug-likeness (QED) is 0.733. The molecule has 17 heavy (non-hydrogen) atoms. The Hall–Kier alpha value is -1.20. The number of benzene rings is 1. The van der Waals surface area contributed by atoms with Crippen molar-refractivity contribution in [3.05, 3.63) is 29.3 Å².